The average molecular weight is 319 g/mol. The van der Waals surface area contributed by atoms with E-state index in [9.17, 15) is 15.0 Å². The van der Waals surface area contributed by atoms with Crippen molar-refractivity contribution in [2.45, 2.75) is 39.5 Å². The fourth-order valence-corrected chi connectivity index (χ4v) is 2.78. The van der Waals surface area contributed by atoms with Crippen molar-refractivity contribution in [1.29, 1.82) is 0 Å². The van der Waals surface area contributed by atoms with Gasteiger partial charge in [-0.3, -0.25) is 4.79 Å². The minimum Gasteiger partial charge on any atom is -0.857 e. The molecule has 2 N–H and O–H groups in total. The molecule has 2 aliphatic heterocycles. The number of allylic oxidation sites excluding steroid dienone is 4. The van der Waals surface area contributed by atoms with E-state index >= 15 is 0 Å². The van der Waals surface area contributed by atoms with Gasteiger partial charge in [0.05, 0.1) is 12.3 Å². The number of carbonyl (C=O) groups excluding carboxylic acids is 1. The number of carbonyl (C=O) groups is 1. The van der Waals surface area contributed by atoms with Crippen LogP contribution in [0.1, 0.15) is 27.2 Å². The van der Waals surface area contributed by atoms with Crippen molar-refractivity contribution in [3.05, 3.63) is 35.6 Å². The van der Waals surface area contributed by atoms with Crippen LogP contribution in [0.15, 0.2) is 35.6 Å². The molecule has 1 fully saturated rings. The Labute approximate surface area is 155 Å². The van der Waals surface area contributed by atoms with Gasteiger partial charge in [-0.15, -0.1) is 0 Å². The first kappa shape index (κ1) is 23.8. The first-order valence-electron chi connectivity index (χ1n) is 7.15. The van der Waals surface area contributed by atoms with Crippen molar-refractivity contribution >= 4 is 6.29 Å². The van der Waals surface area contributed by atoms with Gasteiger partial charge < -0.3 is 20.2 Å². The molecule has 0 aromatic rings. The Morgan fingerprint density at radius 1 is 1.45 bits per heavy atom. The van der Waals surface area contributed by atoms with Crippen molar-refractivity contribution in [3.63, 3.8) is 0 Å². The number of nitrogens with zero attached hydrogens (tertiary/aromatic N) is 1. The molecule has 0 amide bonds. The first-order valence-corrected chi connectivity index (χ1v) is 7.15. The van der Waals surface area contributed by atoms with E-state index < -0.39 is 6.23 Å². The zero-order chi connectivity index (χ0) is 16.6. The summed E-state index contributed by atoms with van der Waals surface area (Å²) in [5, 5.41) is 27.3. The SMILES string of the molecule is C=C/C(=C\C)C1=C(C=O)N2C(O)C(CO)C2C1.CC.C[O-].[Na+]. The van der Waals surface area contributed by atoms with Crippen LogP contribution in [0, 0.1) is 5.92 Å². The summed E-state index contributed by atoms with van der Waals surface area (Å²) in [7, 11) is 0.750. The molecule has 3 atom stereocenters. The van der Waals surface area contributed by atoms with Gasteiger partial charge in [-0.1, -0.05) is 32.6 Å². The summed E-state index contributed by atoms with van der Waals surface area (Å²) in [6, 6.07) is 0.0418. The van der Waals surface area contributed by atoms with Crippen LogP contribution in [-0.4, -0.2) is 47.4 Å². The van der Waals surface area contributed by atoms with Crippen molar-refractivity contribution < 1.29 is 49.7 Å². The molecule has 0 aromatic carbocycles. The second-order valence-corrected chi connectivity index (χ2v) is 4.37. The van der Waals surface area contributed by atoms with E-state index in [0.717, 1.165) is 24.5 Å². The summed E-state index contributed by atoms with van der Waals surface area (Å²) in [5.74, 6) is -0.162. The van der Waals surface area contributed by atoms with E-state index in [2.05, 4.69) is 6.58 Å². The molecule has 120 valence electrons. The van der Waals surface area contributed by atoms with Gasteiger partial charge in [0.2, 0.25) is 0 Å². The van der Waals surface area contributed by atoms with Crippen LogP contribution in [0.2, 0.25) is 0 Å². The molecule has 0 spiro atoms. The second kappa shape index (κ2) is 12.0. The second-order valence-electron chi connectivity index (χ2n) is 4.37. The number of hydrogen-bond acceptors (Lipinski definition) is 5. The van der Waals surface area contributed by atoms with Crippen LogP contribution < -0.4 is 34.7 Å². The predicted octanol–water partition coefficient (Wildman–Crippen LogP) is -2.41. The molecule has 22 heavy (non-hydrogen) atoms. The van der Waals surface area contributed by atoms with Gasteiger partial charge in [-0.25, -0.2) is 0 Å². The topological polar surface area (TPSA) is 83.8 Å². The molecule has 0 radical (unpaired) electrons. The number of aldehydes is 1. The molecule has 2 aliphatic rings. The Hall–Kier alpha value is -0.430. The molecule has 2 heterocycles. The average Bonchev–Trinajstić information content (AvgIpc) is 2.88. The van der Waals surface area contributed by atoms with Crippen LogP contribution in [0.3, 0.4) is 0 Å². The zero-order valence-corrected chi connectivity index (χ0v) is 16.2. The summed E-state index contributed by atoms with van der Waals surface area (Å²) in [5.41, 5.74) is 2.36. The largest absolute Gasteiger partial charge is 1.00 e. The van der Waals surface area contributed by atoms with Crippen molar-refractivity contribution in [2.75, 3.05) is 13.7 Å². The number of hydrogen-bond donors (Lipinski definition) is 2. The summed E-state index contributed by atoms with van der Waals surface area (Å²) in [4.78, 5) is 12.8. The molecule has 0 aromatic heterocycles. The number of aliphatic hydroxyl groups excluding tert-OH is 2. The van der Waals surface area contributed by atoms with Gasteiger partial charge in [0, 0.05) is 12.0 Å². The third-order valence-electron chi connectivity index (χ3n) is 3.72. The van der Waals surface area contributed by atoms with Gasteiger partial charge >= 0.3 is 29.6 Å². The Morgan fingerprint density at radius 3 is 2.36 bits per heavy atom. The first-order chi connectivity index (χ1) is 10.2. The van der Waals surface area contributed by atoms with Gasteiger partial charge in [0.15, 0.2) is 6.29 Å². The van der Waals surface area contributed by atoms with Crippen LogP contribution in [-0.2, 0) is 4.79 Å². The van der Waals surface area contributed by atoms with E-state index in [4.69, 9.17) is 5.11 Å². The van der Waals surface area contributed by atoms with Gasteiger partial charge in [0.1, 0.15) is 6.23 Å². The molecule has 6 heteroatoms. The normalized spacial score (nSPS) is 25.5. The van der Waals surface area contributed by atoms with Gasteiger partial charge in [-0.2, -0.15) is 7.11 Å². The summed E-state index contributed by atoms with van der Waals surface area (Å²) < 4.78 is 0. The van der Waals surface area contributed by atoms with Crippen LogP contribution >= 0.6 is 0 Å². The number of rotatable bonds is 4. The molecule has 3 unspecified atom stereocenters. The van der Waals surface area contributed by atoms with E-state index in [1.165, 1.54) is 0 Å². The summed E-state index contributed by atoms with van der Waals surface area (Å²) in [6.07, 6.45) is 4.33. The van der Waals surface area contributed by atoms with E-state index in [0.29, 0.717) is 12.1 Å². The van der Waals surface area contributed by atoms with E-state index in [1.807, 2.05) is 26.8 Å². The molecular weight excluding hydrogens is 293 g/mol. The number of aliphatic hydroxyl groups is 2. The Bertz CT molecular complexity index is 420. The molecule has 1 saturated heterocycles. The molecule has 0 bridgehead atoms. The quantitative estimate of drug-likeness (QED) is 0.343. The third-order valence-corrected chi connectivity index (χ3v) is 3.72. The maximum absolute atomic E-state index is 11.1. The Kier molecular flexibility index (Phi) is 13.1. The minimum atomic E-state index is -0.745. The third kappa shape index (κ3) is 4.31. The predicted molar refractivity (Wildman–Crippen MR) is 81.1 cm³/mol. The van der Waals surface area contributed by atoms with Crippen LogP contribution in [0.25, 0.3) is 0 Å². The Morgan fingerprint density at radius 2 is 2.00 bits per heavy atom. The van der Waals surface area contributed by atoms with Crippen LogP contribution in [0.5, 0.6) is 0 Å². The molecular formula is C16H26NNaO4. The van der Waals surface area contributed by atoms with Crippen molar-refractivity contribution in [2.24, 2.45) is 5.92 Å². The maximum atomic E-state index is 11.1. The smallest absolute Gasteiger partial charge is 0.857 e. The standard InChI is InChI=1S/C13H17NO3.C2H6.CH3O.Na/c1-3-8(4-2)9-5-11-10(6-15)13(17)14(11)12(9)7-16;2*1-2;/h3-4,7,10-11,13,15,17H,1,5-6H2,2H3;1-2H3;1H3;/q;;-1;+1/b8-4+;;;. The van der Waals surface area contributed by atoms with Crippen molar-refractivity contribution in [3.8, 4) is 0 Å². The molecule has 5 nitrogen and oxygen atoms in total. The summed E-state index contributed by atoms with van der Waals surface area (Å²) >= 11 is 0. The molecule has 0 saturated carbocycles. The monoisotopic (exact) mass is 319 g/mol. The Balaban J connectivity index is 0. The van der Waals surface area contributed by atoms with E-state index in [-0.39, 0.29) is 48.1 Å². The van der Waals surface area contributed by atoms with E-state index in [1.54, 1.807) is 11.0 Å². The fourth-order valence-electron chi connectivity index (χ4n) is 2.78. The minimum absolute atomic E-state index is 0. The molecule has 2 rings (SSSR count). The van der Waals surface area contributed by atoms with Crippen molar-refractivity contribution in [1.82, 2.24) is 4.90 Å². The van der Waals surface area contributed by atoms with Gasteiger partial charge in [-0.05, 0) is 24.5 Å². The fraction of sp³-hybridized carbons (Fsp3) is 0.562. The maximum Gasteiger partial charge on any atom is 1.00 e. The molecule has 0 aliphatic carbocycles. The zero-order valence-electron chi connectivity index (χ0n) is 14.2. The summed E-state index contributed by atoms with van der Waals surface area (Å²) in [6.45, 7) is 9.56. The van der Waals surface area contributed by atoms with Crippen LogP contribution in [0.4, 0.5) is 0 Å². The number of fused-ring (bicyclic) bond motifs is 1. The van der Waals surface area contributed by atoms with Gasteiger partial charge in [0.25, 0.3) is 0 Å².